The standard InChI is InChI=1S/C13H34N4PSi2/c1-12(2)15-18(16-19(6,7)8)17-20(9,10)11-14-13(3,4)5/h11-12H,1-10H3,(H2,15,16,17)/q+1. The zero-order valence-corrected chi connectivity index (χ0v) is 17.9. The van der Waals surface area contributed by atoms with Gasteiger partial charge in [-0.15, -0.1) is 9.51 Å². The maximum Gasteiger partial charge on any atom is 0.378 e. The van der Waals surface area contributed by atoms with Crippen molar-refractivity contribution in [3.05, 3.63) is 0 Å². The highest BCUT2D eigenvalue weighted by atomic mass is 31.1. The van der Waals surface area contributed by atoms with Crippen LogP contribution in [0.5, 0.6) is 0 Å². The Morgan fingerprint density at radius 3 is 1.85 bits per heavy atom. The van der Waals surface area contributed by atoms with Gasteiger partial charge in [-0.3, -0.25) is 4.99 Å². The van der Waals surface area contributed by atoms with Gasteiger partial charge in [0.25, 0.3) is 0 Å². The van der Waals surface area contributed by atoms with Crippen LogP contribution in [0.2, 0.25) is 32.7 Å². The molecule has 0 aliphatic carbocycles. The summed E-state index contributed by atoms with van der Waals surface area (Å²) < 4.78 is 12.3. The molecular formula is C13H34N4PSi2+. The third-order valence-corrected chi connectivity index (χ3v) is 10.1. The van der Waals surface area contributed by atoms with Gasteiger partial charge in [-0.1, -0.05) is 24.4 Å². The van der Waals surface area contributed by atoms with Crippen molar-refractivity contribution in [2.24, 2.45) is 9.74 Å². The Kier molecular flexibility index (Phi) is 7.45. The Labute approximate surface area is 129 Å². The van der Waals surface area contributed by atoms with Gasteiger partial charge in [-0.05, 0) is 47.7 Å². The van der Waals surface area contributed by atoms with Gasteiger partial charge in [-0.2, -0.15) is 0 Å². The molecule has 0 aliphatic heterocycles. The third kappa shape index (κ3) is 11.9. The zero-order chi connectivity index (χ0) is 16.2. The fourth-order valence-electron chi connectivity index (χ4n) is 1.29. The molecule has 118 valence electrons. The van der Waals surface area contributed by atoms with Crippen molar-refractivity contribution in [1.82, 2.24) is 9.51 Å². The molecule has 0 bridgehead atoms. The molecule has 0 rings (SSSR count). The Morgan fingerprint density at radius 2 is 1.50 bits per heavy atom. The first-order chi connectivity index (χ1) is 8.70. The molecule has 0 aromatic carbocycles. The van der Waals surface area contributed by atoms with E-state index in [1.54, 1.807) is 0 Å². The van der Waals surface area contributed by atoms with Gasteiger partial charge in [0, 0.05) is 5.84 Å². The van der Waals surface area contributed by atoms with Crippen LogP contribution in [-0.2, 0) is 0 Å². The van der Waals surface area contributed by atoms with Crippen LogP contribution in [0.1, 0.15) is 34.6 Å². The lowest BCUT2D eigenvalue weighted by atomic mass is 10.1. The van der Waals surface area contributed by atoms with Crippen molar-refractivity contribution < 1.29 is 0 Å². The summed E-state index contributed by atoms with van der Waals surface area (Å²) in [6, 6.07) is 0.349. The molecule has 0 spiro atoms. The van der Waals surface area contributed by atoms with E-state index in [1.165, 1.54) is 0 Å². The predicted molar refractivity (Wildman–Crippen MR) is 99.8 cm³/mol. The summed E-state index contributed by atoms with van der Waals surface area (Å²) in [4.78, 5) is 4.68. The van der Waals surface area contributed by atoms with Gasteiger partial charge in [0.05, 0.1) is 11.6 Å². The Balaban J connectivity index is 5.02. The molecule has 4 nitrogen and oxygen atoms in total. The molecule has 7 heteroatoms. The topological polar surface area (TPSA) is 48.8 Å². The van der Waals surface area contributed by atoms with E-state index >= 15 is 0 Å². The molecule has 0 radical (unpaired) electrons. The first-order valence-electron chi connectivity index (χ1n) is 7.33. The van der Waals surface area contributed by atoms with E-state index in [-0.39, 0.29) is 5.54 Å². The van der Waals surface area contributed by atoms with Gasteiger partial charge in [0.15, 0.2) is 8.24 Å². The summed E-state index contributed by atoms with van der Waals surface area (Å²) in [6.07, 6.45) is 0. The minimum Gasteiger partial charge on any atom is -0.294 e. The summed E-state index contributed by atoms with van der Waals surface area (Å²) >= 11 is 0. The van der Waals surface area contributed by atoms with Gasteiger partial charge < -0.3 is 0 Å². The number of nitrogens with one attached hydrogen (secondary N) is 2. The molecule has 0 saturated heterocycles. The molecule has 1 atom stereocenters. The van der Waals surface area contributed by atoms with Gasteiger partial charge in [0.1, 0.15) is 0 Å². The second kappa shape index (κ2) is 7.41. The van der Waals surface area contributed by atoms with Crippen LogP contribution < -0.4 is 9.51 Å². The Hall–Kier alpha value is 0.124. The third-order valence-electron chi connectivity index (χ3n) is 1.96. The summed E-state index contributed by atoms with van der Waals surface area (Å²) in [5.41, 5.74) is -0.00387. The van der Waals surface area contributed by atoms with E-state index in [0.29, 0.717) is 6.04 Å². The lowest BCUT2D eigenvalue weighted by Gasteiger charge is -2.19. The monoisotopic (exact) mass is 333 g/mol. The van der Waals surface area contributed by atoms with E-state index in [2.05, 4.69) is 87.7 Å². The molecule has 0 aromatic rings. The van der Waals surface area contributed by atoms with Gasteiger partial charge in [0.2, 0.25) is 8.24 Å². The van der Waals surface area contributed by atoms with E-state index in [9.17, 15) is 0 Å². The average molecular weight is 334 g/mol. The number of hydrogen-bond donors (Lipinski definition) is 2. The zero-order valence-electron chi connectivity index (χ0n) is 15.0. The summed E-state index contributed by atoms with van der Waals surface area (Å²) in [7, 11) is -3.70. The molecule has 2 N–H and O–H groups in total. The first-order valence-corrected chi connectivity index (χ1v) is 15.2. The maximum absolute atomic E-state index is 4.84. The summed E-state index contributed by atoms with van der Waals surface area (Å²) in [5, 5.41) is 0. The highest BCUT2D eigenvalue weighted by molar-refractivity contribution is 7.49. The lowest BCUT2D eigenvalue weighted by molar-refractivity contribution is 0.587. The van der Waals surface area contributed by atoms with Crippen molar-refractivity contribution in [2.75, 3.05) is 0 Å². The molecule has 1 unspecified atom stereocenters. The maximum atomic E-state index is 4.84. The molecular weight excluding hydrogens is 299 g/mol. The minimum atomic E-state index is -1.69. The van der Waals surface area contributed by atoms with Crippen molar-refractivity contribution >= 4 is 30.3 Å². The van der Waals surface area contributed by atoms with Crippen LogP contribution in [0.3, 0.4) is 0 Å². The van der Waals surface area contributed by atoms with Crippen molar-refractivity contribution in [2.45, 2.75) is 78.9 Å². The van der Waals surface area contributed by atoms with Crippen molar-refractivity contribution in [1.29, 1.82) is 0 Å². The van der Waals surface area contributed by atoms with Crippen LogP contribution in [0.25, 0.3) is 0 Å². The van der Waals surface area contributed by atoms with Crippen LogP contribution in [-0.4, -0.2) is 33.9 Å². The Bertz CT molecular complexity index is 366. The first kappa shape index (κ1) is 20.1. The average Bonchev–Trinajstić information content (AvgIpc) is 2.08. The second-order valence-corrected chi connectivity index (χ2v) is 19.0. The minimum absolute atomic E-state index is 0.00387. The summed E-state index contributed by atoms with van der Waals surface area (Å²) in [6.45, 7) is 22.2. The molecule has 0 amide bonds. The smallest absolute Gasteiger partial charge is 0.294 e. The van der Waals surface area contributed by atoms with E-state index in [0.717, 1.165) is 0 Å². The van der Waals surface area contributed by atoms with E-state index in [1.807, 2.05) is 0 Å². The van der Waals surface area contributed by atoms with E-state index < -0.39 is 24.5 Å². The fourth-order valence-corrected chi connectivity index (χ4v) is 8.61. The van der Waals surface area contributed by atoms with Crippen LogP contribution in [0.15, 0.2) is 9.74 Å². The quantitative estimate of drug-likeness (QED) is 0.426. The summed E-state index contributed by atoms with van der Waals surface area (Å²) in [5.74, 6) is 2.16. The highest BCUT2D eigenvalue weighted by Gasteiger charge is 2.33. The normalized spacial score (nSPS) is 15.4. The predicted octanol–water partition coefficient (Wildman–Crippen LogP) is 4.52. The number of rotatable bonds is 6. The largest absolute Gasteiger partial charge is 0.378 e. The van der Waals surface area contributed by atoms with Crippen LogP contribution in [0.4, 0.5) is 0 Å². The second-order valence-electron chi connectivity index (χ2n) is 8.15. The number of hydrogen-bond acceptors (Lipinski definition) is 2. The molecule has 0 aliphatic rings. The Morgan fingerprint density at radius 1 is 1.00 bits per heavy atom. The van der Waals surface area contributed by atoms with Crippen molar-refractivity contribution in [3.8, 4) is 0 Å². The highest BCUT2D eigenvalue weighted by Crippen LogP contribution is 2.23. The molecule has 0 aromatic heterocycles. The van der Waals surface area contributed by atoms with Crippen LogP contribution in [0, 0.1) is 0 Å². The molecule has 0 saturated carbocycles. The molecule has 0 fully saturated rings. The molecule has 20 heavy (non-hydrogen) atoms. The van der Waals surface area contributed by atoms with Gasteiger partial charge >= 0.3 is 8.01 Å². The van der Waals surface area contributed by atoms with Gasteiger partial charge in [-0.25, -0.2) is 0 Å². The number of nitrogens with zero attached hydrogens (tertiary/aromatic N) is 2. The fraction of sp³-hybridized carbons (Fsp3) is 0.923. The van der Waals surface area contributed by atoms with Crippen LogP contribution >= 0.6 is 8.01 Å². The van der Waals surface area contributed by atoms with Crippen molar-refractivity contribution in [3.63, 3.8) is 0 Å². The van der Waals surface area contributed by atoms with E-state index in [4.69, 9.17) is 4.74 Å². The number of aliphatic imine (C=N–C) groups is 1. The molecule has 0 heterocycles. The SMILES string of the molecule is CC(C)N=[P+](N[Si](C)(C)C)N[Si](C)(C)C=NC(C)(C)C. The lowest BCUT2D eigenvalue weighted by Crippen LogP contribution is -2.48.